The monoisotopic (exact) mass is 150 g/mol. The van der Waals surface area contributed by atoms with Crippen molar-refractivity contribution in [3.63, 3.8) is 0 Å². The molecule has 1 aliphatic rings. The largest absolute Gasteiger partial charge is 0.149 e. The van der Waals surface area contributed by atoms with Gasteiger partial charge < -0.3 is 0 Å². The molecule has 0 bridgehead atoms. The van der Waals surface area contributed by atoms with Crippen LogP contribution in [0.4, 0.5) is 0 Å². The maximum atomic E-state index is 2.27. The molecule has 0 aliphatic carbocycles. The standard InChI is InChI=1S/C9H10S/c1-7-9-5-3-2-4-8(9)6-10-7/h2-5,7H,6H2,1H3. The van der Waals surface area contributed by atoms with Gasteiger partial charge in [0.1, 0.15) is 0 Å². The molecule has 1 heteroatoms. The van der Waals surface area contributed by atoms with Crippen molar-refractivity contribution in [1.82, 2.24) is 0 Å². The molecule has 0 spiro atoms. The lowest BCUT2D eigenvalue weighted by Crippen LogP contribution is -1.82. The average Bonchev–Trinajstić information content (AvgIpc) is 2.34. The number of thioether (sulfide) groups is 1. The Morgan fingerprint density at radius 1 is 1.40 bits per heavy atom. The molecule has 0 fully saturated rings. The summed E-state index contributed by atoms with van der Waals surface area (Å²) in [6.45, 7) is 2.27. The molecular weight excluding hydrogens is 140 g/mol. The zero-order chi connectivity index (χ0) is 6.97. The fourth-order valence-electron chi connectivity index (χ4n) is 1.37. The van der Waals surface area contributed by atoms with Gasteiger partial charge in [0, 0.05) is 11.0 Å². The van der Waals surface area contributed by atoms with Gasteiger partial charge >= 0.3 is 0 Å². The molecule has 52 valence electrons. The summed E-state index contributed by atoms with van der Waals surface area (Å²) in [4.78, 5) is 0. The molecule has 10 heavy (non-hydrogen) atoms. The molecule has 0 N–H and O–H groups in total. The predicted octanol–water partition coefficient (Wildman–Crippen LogP) is 2.99. The summed E-state index contributed by atoms with van der Waals surface area (Å²) >= 11 is 2.03. The van der Waals surface area contributed by atoms with Crippen LogP contribution in [0, 0.1) is 0 Å². The van der Waals surface area contributed by atoms with Gasteiger partial charge in [-0.1, -0.05) is 24.3 Å². The van der Waals surface area contributed by atoms with Crippen LogP contribution in [0.5, 0.6) is 0 Å². The van der Waals surface area contributed by atoms with E-state index in [2.05, 4.69) is 31.2 Å². The first-order valence-corrected chi connectivity index (χ1v) is 4.62. The first-order chi connectivity index (χ1) is 4.88. The van der Waals surface area contributed by atoms with Crippen molar-refractivity contribution >= 4 is 11.8 Å². The van der Waals surface area contributed by atoms with Crippen LogP contribution in [-0.4, -0.2) is 0 Å². The molecule has 2 rings (SSSR count). The lowest BCUT2D eigenvalue weighted by Gasteiger charge is -2.00. The Balaban J connectivity index is 2.51. The van der Waals surface area contributed by atoms with E-state index in [9.17, 15) is 0 Å². The van der Waals surface area contributed by atoms with Gasteiger partial charge in [0.15, 0.2) is 0 Å². The van der Waals surface area contributed by atoms with E-state index in [1.54, 1.807) is 0 Å². The average molecular weight is 150 g/mol. The van der Waals surface area contributed by atoms with E-state index in [1.165, 1.54) is 16.9 Å². The van der Waals surface area contributed by atoms with Gasteiger partial charge in [-0.05, 0) is 18.1 Å². The summed E-state index contributed by atoms with van der Waals surface area (Å²) in [6.07, 6.45) is 0. The molecule has 1 aromatic carbocycles. The normalized spacial score (nSPS) is 22.7. The van der Waals surface area contributed by atoms with E-state index in [0.29, 0.717) is 0 Å². The number of fused-ring (bicyclic) bond motifs is 1. The Bertz CT molecular complexity index is 242. The third-order valence-electron chi connectivity index (χ3n) is 1.98. The Morgan fingerprint density at radius 2 is 2.20 bits per heavy atom. The minimum atomic E-state index is 0.719. The third-order valence-corrected chi connectivity index (χ3v) is 3.21. The van der Waals surface area contributed by atoms with Crippen molar-refractivity contribution in [3.05, 3.63) is 35.4 Å². The summed E-state index contributed by atoms with van der Waals surface area (Å²) in [6, 6.07) is 8.71. The van der Waals surface area contributed by atoms with Crippen LogP contribution in [-0.2, 0) is 5.75 Å². The summed E-state index contributed by atoms with van der Waals surface area (Å²) in [5.41, 5.74) is 3.06. The van der Waals surface area contributed by atoms with Gasteiger partial charge in [-0.2, -0.15) is 0 Å². The van der Waals surface area contributed by atoms with E-state index in [1.807, 2.05) is 11.8 Å². The van der Waals surface area contributed by atoms with Gasteiger partial charge in [0.05, 0.1) is 0 Å². The number of rotatable bonds is 0. The van der Waals surface area contributed by atoms with Gasteiger partial charge in [-0.3, -0.25) is 0 Å². The van der Waals surface area contributed by atoms with Crippen molar-refractivity contribution in [2.24, 2.45) is 0 Å². The van der Waals surface area contributed by atoms with Crippen molar-refractivity contribution in [1.29, 1.82) is 0 Å². The van der Waals surface area contributed by atoms with E-state index >= 15 is 0 Å². The van der Waals surface area contributed by atoms with E-state index < -0.39 is 0 Å². The summed E-state index contributed by atoms with van der Waals surface area (Å²) in [5, 5.41) is 0.719. The molecular formula is C9H10S. The van der Waals surface area contributed by atoms with Crippen LogP contribution in [0.3, 0.4) is 0 Å². The molecule has 0 saturated heterocycles. The molecule has 1 aliphatic heterocycles. The van der Waals surface area contributed by atoms with Crippen molar-refractivity contribution in [3.8, 4) is 0 Å². The Labute approximate surface area is 65.6 Å². The molecule has 1 atom stereocenters. The second-order valence-electron chi connectivity index (χ2n) is 2.65. The van der Waals surface area contributed by atoms with Crippen molar-refractivity contribution in [2.75, 3.05) is 0 Å². The van der Waals surface area contributed by atoms with E-state index in [4.69, 9.17) is 0 Å². The number of benzene rings is 1. The maximum Gasteiger partial charge on any atom is 0.0275 e. The fourth-order valence-corrected chi connectivity index (χ4v) is 2.47. The molecule has 0 saturated carbocycles. The highest BCUT2D eigenvalue weighted by molar-refractivity contribution is 7.99. The third kappa shape index (κ3) is 0.853. The number of hydrogen-bond donors (Lipinski definition) is 0. The first kappa shape index (κ1) is 6.29. The quantitative estimate of drug-likeness (QED) is 0.548. The zero-order valence-electron chi connectivity index (χ0n) is 6.00. The molecule has 0 radical (unpaired) electrons. The highest BCUT2D eigenvalue weighted by Gasteiger charge is 2.16. The highest BCUT2D eigenvalue weighted by atomic mass is 32.2. The van der Waals surface area contributed by atoms with Crippen LogP contribution in [0.1, 0.15) is 23.3 Å². The Hall–Kier alpha value is -0.430. The van der Waals surface area contributed by atoms with Gasteiger partial charge in [0.2, 0.25) is 0 Å². The van der Waals surface area contributed by atoms with Crippen molar-refractivity contribution < 1.29 is 0 Å². The summed E-state index contributed by atoms with van der Waals surface area (Å²) < 4.78 is 0. The topological polar surface area (TPSA) is 0 Å². The fraction of sp³-hybridized carbons (Fsp3) is 0.333. The lowest BCUT2D eigenvalue weighted by atomic mass is 10.1. The minimum absolute atomic E-state index is 0.719. The van der Waals surface area contributed by atoms with Crippen LogP contribution in [0.2, 0.25) is 0 Å². The summed E-state index contributed by atoms with van der Waals surface area (Å²) in [5.74, 6) is 1.21. The van der Waals surface area contributed by atoms with E-state index in [-0.39, 0.29) is 0 Å². The number of hydrogen-bond acceptors (Lipinski definition) is 1. The SMILES string of the molecule is CC1SCc2ccccc21. The second-order valence-corrected chi connectivity index (χ2v) is 3.98. The summed E-state index contributed by atoms with van der Waals surface area (Å²) in [7, 11) is 0. The Morgan fingerprint density at radius 3 is 3.00 bits per heavy atom. The van der Waals surface area contributed by atoms with Gasteiger partial charge in [0.25, 0.3) is 0 Å². The molecule has 1 unspecified atom stereocenters. The molecule has 0 nitrogen and oxygen atoms in total. The first-order valence-electron chi connectivity index (χ1n) is 3.57. The van der Waals surface area contributed by atoms with Crippen molar-refractivity contribution in [2.45, 2.75) is 17.9 Å². The zero-order valence-corrected chi connectivity index (χ0v) is 6.82. The lowest BCUT2D eigenvalue weighted by molar-refractivity contribution is 1.11. The van der Waals surface area contributed by atoms with Crippen LogP contribution < -0.4 is 0 Å². The van der Waals surface area contributed by atoms with Crippen LogP contribution >= 0.6 is 11.8 Å². The van der Waals surface area contributed by atoms with Crippen LogP contribution in [0.15, 0.2) is 24.3 Å². The molecule has 0 amide bonds. The van der Waals surface area contributed by atoms with Gasteiger partial charge in [-0.25, -0.2) is 0 Å². The predicted molar refractivity (Wildman–Crippen MR) is 46.2 cm³/mol. The maximum absolute atomic E-state index is 2.27. The second kappa shape index (κ2) is 2.31. The Kier molecular flexibility index (Phi) is 1.46. The highest BCUT2D eigenvalue weighted by Crippen LogP contribution is 2.40. The molecule has 1 heterocycles. The molecule has 0 aromatic heterocycles. The van der Waals surface area contributed by atoms with Gasteiger partial charge in [-0.15, -0.1) is 11.8 Å². The minimum Gasteiger partial charge on any atom is -0.149 e. The van der Waals surface area contributed by atoms with E-state index in [0.717, 1.165) is 5.25 Å². The van der Waals surface area contributed by atoms with Crippen LogP contribution in [0.25, 0.3) is 0 Å². The molecule has 1 aromatic rings. The smallest absolute Gasteiger partial charge is 0.0275 e.